The molecule has 22 heavy (non-hydrogen) atoms. The lowest BCUT2D eigenvalue weighted by Crippen LogP contribution is -2.52. The van der Waals surface area contributed by atoms with Crippen molar-refractivity contribution in [2.75, 3.05) is 36.4 Å². The Morgan fingerprint density at radius 3 is 2.14 bits per heavy atom. The van der Waals surface area contributed by atoms with Crippen LogP contribution in [0.25, 0.3) is 0 Å². The molecule has 1 saturated heterocycles. The Labute approximate surface area is 130 Å². The summed E-state index contributed by atoms with van der Waals surface area (Å²) in [6.07, 6.45) is -4.81. The number of thiocarbonyl (C=S) groups is 1. The highest BCUT2D eigenvalue weighted by molar-refractivity contribution is 7.80. The summed E-state index contributed by atoms with van der Waals surface area (Å²) in [7, 11) is 0. The zero-order valence-corrected chi connectivity index (χ0v) is 12.4. The number of piperazine rings is 1. The van der Waals surface area contributed by atoms with E-state index >= 15 is 0 Å². The Bertz CT molecular complexity index is 553. The zero-order valence-electron chi connectivity index (χ0n) is 11.6. The third-order valence-corrected chi connectivity index (χ3v) is 3.41. The second-order valence-electron chi connectivity index (χ2n) is 4.81. The minimum Gasteiger partial charge on any atom is -0.376 e. The third kappa shape index (κ3) is 4.00. The number of carbonyl (C=O) groups excluding carboxylic acids is 1. The number of hydrogen-bond acceptors (Lipinski definition) is 3. The van der Waals surface area contributed by atoms with Crippen LogP contribution in [0.2, 0.25) is 0 Å². The molecule has 0 saturated carbocycles. The first-order chi connectivity index (χ1) is 10.3. The van der Waals surface area contributed by atoms with Crippen LogP contribution in [0.4, 0.5) is 24.5 Å². The summed E-state index contributed by atoms with van der Waals surface area (Å²) in [5, 5.41) is 2.95. The van der Waals surface area contributed by atoms with E-state index in [1.54, 1.807) is 12.1 Å². The van der Waals surface area contributed by atoms with Gasteiger partial charge in [-0.2, -0.15) is 13.2 Å². The molecule has 9 heteroatoms. The predicted octanol–water partition coefficient (Wildman–Crippen LogP) is 1.55. The summed E-state index contributed by atoms with van der Waals surface area (Å²) >= 11 is 4.73. The van der Waals surface area contributed by atoms with E-state index in [2.05, 4.69) is 5.32 Å². The van der Waals surface area contributed by atoms with E-state index in [0.29, 0.717) is 13.1 Å². The molecule has 1 aromatic rings. The van der Waals surface area contributed by atoms with Crippen LogP contribution in [-0.2, 0) is 4.79 Å². The van der Waals surface area contributed by atoms with E-state index in [9.17, 15) is 18.0 Å². The maximum absolute atomic E-state index is 12.4. The molecular formula is C13H15F3N4OS. The highest BCUT2D eigenvalue weighted by Gasteiger charge is 2.43. The van der Waals surface area contributed by atoms with Gasteiger partial charge in [0.2, 0.25) is 0 Å². The van der Waals surface area contributed by atoms with Crippen LogP contribution >= 0.6 is 12.2 Å². The summed E-state index contributed by atoms with van der Waals surface area (Å²) in [6, 6.07) is 7.20. The van der Waals surface area contributed by atoms with Gasteiger partial charge < -0.3 is 20.9 Å². The standard InChI is InChI=1S/C13H15F3N4OS/c14-13(15,16)11(21)20-7-5-19(6-8-20)10-3-1-9(2-4-10)18-12(17)22/h1-4H,5-8H2,(H3,17,18,22). The van der Waals surface area contributed by atoms with E-state index in [4.69, 9.17) is 18.0 Å². The van der Waals surface area contributed by atoms with Crippen LogP contribution < -0.4 is 16.0 Å². The molecule has 0 aromatic heterocycles. The van der Waals surface area contributed by atoms with Crippen LogP contribution in [-0.4, -0.2) is 48.3 Å². The lowest BCUT2D eigenvalue weighted by Gasteiger charge is -2.36. The fourth-order valence-corrected chi connectivity index (χ4v) is 2.36. The molecule has 2 rings (SSSR count). The van der Waals surface area contributed by atoms with E-state index in [1.165, 1.54) is 0 Å². The van der Waals surface area contributed by atoms with Crippen molar-refractivity contribution in [2.45, 2.75) is 6.18 Å². The van der Waals surface area contributed by atoms with Crippen LogP contribution in [0.3, 0.4) is 0 Å². The molecule has 1 aromatic carbocycles. The van der Waals surface area contributed by atoms with Crippen molar-refractivity contribution < 1.29 is 18.0 Å². The van der Waals surface area contributed by atoms with E-state index in [-0.39, 0.29) is 18.2 Å². The topological polar surface area (TPSA) is 61.6 Å². The molecule has 1 fully saturated rings. The van der Waals surface area contributed by atoms with Gasteiger partial charge in [0, 0.05) is 37.6 Å². The average molecular weight is 332 g/mol. The SMILES string of the molecule is NC(=S)Nc1ccc(N2CCN(C(=O)C(F)(F)F)CC2)cc1. The van der Waals surface area contributed by atoms with E-state index < -0.39 is 12.1 Å². The van der Waals surface area contributed by atoms with Crippen molar-refractivity contribution >= 4 is 34.6 Å². The van der Waals surface area contributed by atoms with Gasteiger partial charge in [-0.3, -0.25) is 4.79 Å². The first kappa shape index (κ1) is 16.3. The molecule has 1 aliphatic heterocycles. The normalized spacial score (nSPS) is 15.6. The Hall–Kier alpha value is -2.03. The van der Waals surface area contributed by atoms with Crippen LogP contribution in [0.5, 0.6) is 0 Å². The van der Waals surface area contributed by atoms with Gasteiger partial charge in [-0.25, -0.2) is 0 Å². The lowest BCUT2D eigenvalue weighted by molar-refractivity contribution is -0.185. The second-order valence-corrected chi connectivity index (χ2v) is 5.25. The number of rotatable bonds is 2. The molecule has 0 radical (unpaired) electrons. The fourth-order valence-electron chi connectivity index (χ4n) is 2.24. The lowest BCUT2D eigenvalue weighted by atomic mass is 10.2. The fraction of sp³-hybridized carbons (Fsp3) is 0.385. The van der Waals surface area contributed by atoms with Gasteiger partial charge in [0.05, 0.1) is 0 Å². The largest absolute Gasteiger partial charge is 0.471 e. The number of carbonyl (C=O) groups is 1. The van der Waals surface area contributed by atoms with Crippen molar-refractivity contribution in [1.82, 2.24) is 4.90 Å². The molecule has 3 N–H and O–H groups in total. The van der Waals surface area contributed by atoms with Crippen LogP contribution in [0.15, 0.2) is 24.3 Å². The van der Waals surface area contributed by atoms with Crippen molar-refractivity contribution in [3.8, 4) is 0 Å². The van der Waals surface area contributed by atoms with Gasteiger partial charge in [0.1, 0.15) is 0 Å². The molecular weight excluding hydrogens is 317 g/mol. The van der Waals surface area contributed by atoms with Gasteiger partial charge in [0.15, 0.2) is 5.11 Å². The third-order valence-electron chi connectivity index (χ3n) is 3.31. The summed E-state index contributed by atoms with van der Waals surface area (Å²) in [6.45, 7) is 0.796. The molecule has 1 heterocycles. The molecule has 0 unspecified atom stereocenters. The summed E-state index contributed by atoms with van der Waals surface area (Å²) in [5.74, 6) is -1.77. The molecule has 5 nitrogen and oxygen atoms in total. The van der Waals surface area contributed by atoms with E-state index in [1.807, 2.05) is 17.0 Å². The molecule has 0 aliphatic carbocycles. The average Bonchev–Trinajstić information content (AvgIpc) is 2.46. The van der Waals surface area contributed by atoms with Crippen LogP contribution in [0.1, 0.15) is 0 Å². The molecule has 120 valence electrons. The number of nitrogens with two attached hydrogens (primary N) is 1. The Balaban J connectivity index is 1.94. The summed E-state index contributed by atoms with van der Waals surface area (Å²) < 4.78 is 37.1. The number of hydrogen-bond donors (Lipinski definition) is 2. The number of nitrogens with zero attached hydrogens (tertiary/aromatic N) is 2. The van der Waals surface area contributed by atoms with Gasteiger partial charge in [0.25, 0.3) is 0 Å². The van der Waals surface area contributed by atoms with Gasteiger partial charge in [-0.15, -0.1) is 0 Å². The monoisotopic (exact) mass is 332 g/mol. The van der Waals surface area contributed by atoms with Crippen LogP contribution in [0, 0.1) is 0 Å². The molecule has 1 aliphatic rings. The second kappa shape index (κ2) is 6.39. The smallest absolute Gasteiger partial charge is 0.376 e. The molecule has 0 spiro atoms. The quantitative estimate of drug-likeness (QED) is 0.805. The van der Waals surface area contributed by atoms with Crippen molar-refractivity contribution in [3.63, 3.8) is 0 Å². The zero-order chi connectivity index (χ0) is 16.3. The molecule has 0 atom stereocenters. The summed E-state index contributed by atoms with van der Waals surface area (Å²) in [4.78, 5) is 13.9. The predicted molar refractivity (Wildman–Crippen MR) is 81.7 cm³/mol. The molecule has 1 amide bonds. The molecule has 0 bridgehead atoms. The van der Waals surface area contributed by atoms with Crippen molar-refractivity contribution in [1.29, 1.82) is 0 Å². The van der Waals surface area contributed by atoms with Gasteiger partial charge in [-0.05, 0) is 36.5 Å². The number of benzene rings is 1. The number of halogens is 3. The number of anilines is 2. The number of nitrogens with one attached hydrogen (secondary N) is 1. The van der Waals surface area contributed by atoms with Gasteiger partial charge in [-0.1, -0.05) is 0 Å². The van der Waals surface area contributed by atoms with Crippen molar-refractivity contribution in [3.05, 3.63) is 24.3 Å². The first-order valence-electron chi connectivity index (χ1n) is 6.55. The number of alkyl halides is 3. The van der Waals surface area contributed by atoms with Gasteiger partial charge >= 0.3 is 12.1 Å². The maximum atomic E-state index is 12.4. The van der Waals surface area contributed by atoms with Crippen molar-refractivity contribution in [2.24, 2.45) is 5.73 Å². The Kier molecular flexibility index (Phi) is 4.74. The Morgan fingerprint density at radius 1 is 1.14 bits per heavy atom. The first-order valence-corrected chi connectivity index (χ1v) is 6.96. The maximum Gasteiger partial charge on any atom is 0.471 e. The minimum absolute atomic E-state index is 0.0469. The highest BCUT2D eigenvalue weighted by Crippen LogP contribution is 2.22. The number of amides is 1. The minimum atomic E-state index is -4.81. The summed E-state index contributed by atoms with van der Waals surface area (Å²) in [5.41, 5.74) is 6.97. The Morgan fingerprint density at radius 2 is 1.68 bits per heavy atom. The van der Waals surface area contributed by atoms with E-state index in [0.717, 1.165) is 16.3 Å². The highest BCUT2D eigenvalue weighted by atomic mass is 32.1.